The summed E-state index contributed by atoms with van der Waals surface area (Å²) in [5, 5.41) is 0.416. The zero-order valence-electron chi connectivity index (χ0n) is 14.0. The minimum absolute atomic E-state index is 0.209. The van der Waals surface area contributed by atoms with Gasteiger partial charge in [-0.05, 0) is 31.0 Å². The van der Waals surface area contributed by atoms with Gasteiger partial charge in [0.1, 0.15) is 9.71 Å². The van der Waals surface area contributed by atoms with Gasteiger partial charge in [0.15, 0.2) is 6.61 Å². The molecular formula is C17H16N2O4S2. The molecule has 0 unspecified atom stereocenters. The summed E-state index contributed by atoms with van der Waals surface area (Å²) in [7, 11) is 1.61. The number of hydrogen-bond donors (Lipinski definition) is 0. The van der Waals surface area contributed by atoms with Crippen LogP contribution in [0.15, 0.2) is 23.3 Å². The Bertz CT molecular complexity index is 1030. The van der Waals surface area contributed by atoms with Crippen LogP contribution in [-0.4, -0.2) is 27.9 Å². The molecule has 0 saturated carbocycles. The van der Waals surface area contributed by atoms with Crippen molar-refractivity contribution >= 4 is 44.6 Å². The average Bonchev–Trinajstić information content (AvgIpc) is 3.21. The van der Waals surface area contributed by atoms with Crippen molar-refractivity contribution < 1.29 is 14.3 Å². The molecule has 0 spiro atoms. The van der Waals surface area contributed by atoms with Gasteiger partial charge in [0.05, 0.1) is 16.6 Å². The zero-order valence-corrected chi connectivity index (χ0v) is 15.6. The SMILES string of the molecule is CCc1ccc(C(=O)COC(=O)c2sc3ncn(C)c(=O)c3c2C)s1. The zero-order chi connectivity index (χ0) is 18.1. The van der Waals surface area contributed by atoms with E-state index in [9.17, 15) is 14.4 Å². The van der Waals surface area contributed by atoms with Crippen LogP contribution in [0, 0.1) is 6.92 Å². The summed E-state index contributed by atoms with van der Waals surface area (Å²) < 4.78 is 6.52. The van der Waals surface area contributed by atoms with Crippen molar-refractivity contribution in [1.29, 1.82) is 0 Å². The molecule has 0 aliphatic rings. The number of aromatic nitrogens is 2. The van der Waals surface area contributed by atoms with E-state index in [4.69, 9.17) is 4.74 Å². The standard InChI is InChI=1S/C17H16N2O4S2/c1-4-10-5-6-12(24-10)11(20)7-23-17(22)14-9(2)13-15(25-14)18-8-19(3)16(13)21/h5-6,8H,4,7H2,1-3H3. The number of ether oxygens (including phenoxy) is 1. The van der Waals surface area contributed by atoms with E-state index in [-0.39, 0.29) is 17.9 Å². The molecule has 3 heterocycles. The minimum Gasteiger partial charge on any atom is -0.453 e. The van der Waals surface area contributed by atoms with Gasteiger partial charge in [-0.15, -0.1) is 22.7 Å². The number of hydrogen-bond acceptors (Lipinski definition) is 7. The van der Waals surface area contributed by atoms with Crippen molar-refractivity contribution in [1.82, 2.24) is 9.55 Å². The Hall–Kier alpha value is -2.32. The first kappa shape index (κ1) is 17.5. The van der Waals surface area contributed by atoms with Gasteiger partial charge in [0.2, 0.25) is 5.78 Å². The number of thiophene rings is 2. The fourth-order valence-electron chi connectivity index (χ4n) is 2.39. The van der Waals surface area contributed by atoms with Crippen molar-refractivity contribution in [3.8, 4) is 0 Å². The van der Waals surface area contributed by atoms with Crippen LogP contribution >= 0.6 is 22.7 Å². The maximum atomic E-state index is 12.3. The lowest BCUT2D eigenvalue weighted by Gasteiger charge is -2.02. The van der Waals surface area contributed by atoms with Gasteiger partial charge in [0, 0.05) is 11.9 Å². The van der Waals surface area contributed by atoms with Crippen LogP contribution in [0.5, 0.6) is 0 Å². The number of fused-ring (bicyclic) bond motifs is 1. The Morgan fingerprint density at radius 1 is 1.28 bits per heavy atom. The highest BCUT2D eigenvalue weighted by molar-refractivity contribution is 7.20. The van der Waals surface area contributed by atoms with Crippen molar-refractivity contribution in [2.75, 3.05) is 6.61 Å². The molecule has 0 atom stereocenters. The molecule has 3 aromatic rings. The number of carbonyl (C=O) groups is 2. The second-order valence-electron chi connectivity index (χ2n) is 5.52. The second-order valence-corrected chi connectivity index (χ2v) is 7.68. The van der Waals surface area contributed by atoms with Crippen LogP contribution in [0.1, 0.15) is 36.7 Å². The predicted molar refractivity (Wildman–Crippen MR) is 97.9 cm³/mol. The minimum atomic E-state index is -0.608. The first-order valence-corrected chi connectivity index (χ1v) is 9.29. The van der Waals surface area contributed by atoms with Crippen molar-refractivity contribution in [2.24, 2.45) is 7.05 Å². The average molecular weight is 376 g/mol. The van der Waals surface area contributed by atoms with Crippen molar-refractivity contribution in [3.05, 3.63) is 49.0 Å². The summed E-state index contributed by atoms with van der Waals surface area (Å²) in [6.07, 6.45) is 2.28. The lowest BCUT2D eigenvalue weighted by atomic mass is 10.2. The summed E-state index contributed by atoms with van der Waals surface area (Å²) in [4.78, 5) is 43.3. The Balaban J connectivity index is 1.78. The molecule has 0 aromatic carbocycles. The van der Waals surface area contributed by atoms with Crippen LogP contribution in [0.2, 0.25) is 0 Å². The lowest BCUT2D eigenvalue weighted by molar-refractivity contribution is 0.0480. The number of Topliss-reactive ketones (excluding diaryl/α,β-unsaturated/α-hetero) is 1. The molecule has 0 radical (unpaired) electrons. The third-order valence-electron chi connectivity index (χ3n) is 3.82. The van der Waals surface area contributed by atoms with Gasteiger partial charge >= 0.3 is 5.97 Å². The van der Waals surface area contributed by atoms with Crippen molar-refractivity contribution in [3.63, 3.8) is 0 Å². The van der Waals surface area contributed by atoms with Gasteiger partial charge in [0.25, 0.3) is 5.56 Å². The van der Waals surface area contributed by atoms with Gasteiger partial charge in [-0.3, -0.25) is 9.59 Å². The molecule has 0 N–H and O–H groups in total. The van der Waals surface area contributed by atoms with E-state index in [1.54, 1.807) is 20.0 Å². The third-order valence-corrected chi connectivity index (χ3v) is 6.27. The molecule has 0 fully saturated rings. The summed E-state index contributed by atoms with van der Waals surface area (Å²) in [6.45, 7) is 3.39. The molecule has 130 valence electrons. The molecule has 3 aromatic heterocycles. The van der Waals surface area contributed by atoms with Crippen LogP contribution < -0.4 is 5.56 Å². The Morgan fingerprint density at radius 3 is 2.72 bits per heavy atom. The number of rotatable bonds is 5. The first-order chi connectivity index (χ1) is 11.9. The predicted octanol–water partition coefficient (Wildman–Crippen LogP) is 2.97. The number of carbonyl (C=O) groups excluding carboxylic acids is 2. The van der Waals surface area contributed by atoms with E-state index >= 15 is 0 Å². The van der Waals surface area contributed by atoms with E-state index in [1.165, 1.54) is 22.2 Å². The van der Waals surface area contributed by atoms with E-state index < -0.39 is 5.97 Å². The fourth-order valence-corrected chi connectivity index (χ4v) is 4.29. The highest BCUT2D eigenvalue weighted by Gasteiger charge is 2.21. The summed E-state index contributed by atoms with van der Waals surface area (Å²) in [6, 6.07) is 3.65. The molecule has 6 nitrogen and oxygen atoms in total. The van der Waals surface area contributed by atoms with Gasteiger partial charge < -0.3 is 9.30 Å². The molecule has 3 rings (SSSR count). The molecule has 0 bridgehead atoms. The smallest absolute Gasteiger partial charge is 0.349 e. The van der Waals surface area contributed by atoms with E-state index in [1.807, 2.05) is 13.0 Å². The lowest BCUT2D eigenvalue weighted by Crippen LogP contribution is -2.17. The first-order valence-electron chi connectivity index (χ1n) is 7.66. The fraction of sp³-hybridized carbons (Fsp3) is 0.294. The third kappa shape index (κ3) is 3.27. The van der Waals surface area contributed by atoms with E-state index in [0.29, 0.717) is 25.5 Å². The maximum Gasteiger partial charge on any atom is 0.349 e. The number of aryl methyl sites for hydroxylation is 3. The normalized spacial score (nSPS) is 11.0. The molecule has 0 aliphatic heterocycles. The van der Waals surface area contributed by atoms with Crippen molar-refractivity contribution in [2.45, 2.75) is 20.3 Å². The van der Waals surface area contributed by atoms with E-state index in [2.05, 4.69) is 4.98 Å². The topological polar surface area (TPSA) is 78.3 Å². The molecule has 0 saturated heterocycles. The summed E-state index contributed by atoms with van der Waals surface area (Å²) >= 11 is 2.51. The molecule has 0 amide bonds. The van der Waals surface area contributed by atoms with Crippen LogP contribution in [0.4, 0.5) is 0 Å². The quantitative estimate of drug-likeness (QED) is 0.505. The molecule has 25 heavy (non-hydrogen) atoms. The maximum absolute atomic E-state index is 12.3. The number of ketones is 1. The monoisotopic (exact) mass is 376 g/mol. The molecule has 0 aliphatic carbocycles. The molecule has 8 heteroatoms. The Kier molecular flexibility index (Phi) is 4.82. The highest BCUT2D eigenvalue weighted by Crippen LogP contribution is 2.27. The van der Waals surface area contributed by atoms with Gasteiger partial charge in [-0.25, -0.2) is 9.78 Å². The second kappa shape index (κ2) is 6.89. The largest absolute Gasteiger partial charge is 0.453 e. The number of esters is 1. The van der Waals surface area contributed by atoms with Crippen LogP contribution in [0.3, 0.4) is 0 Å². The van der Waals surface area contributed by atoms with Crippen LogP contribution in [-0.2, 0) is 18.2 Å². The summed E-state index contributed by atoms with van der Waals surface area (Å²) in [5.41, 5.74) is 0.329. The summed E-state index contributed by atoms with van der Waals surface area (Å²) in [5.74, 6) is -0.839. The van der Waals surface area contributed by atoms with Crippen LogP contribution in [0.25, 0.3) is 10.2 Å². The number of nitrogens with zero attached hydrogens (tertiary/aromatic N) is 2. The van der Waals surface area contributed by atoms with Gasteiger partial charge in [-0.2, -0.15) is 0 Å². The molecular weight excluding hydrogens is 360 g/mol. The van der Waals surface area contributed by atoms with Gasteiger partial charge in [-0.1, -0.05) is 6.92 Å². The Labute approximate surface area is 151 Å². The Morgan fingerprint density at radius 2 is 2.04 bits per heavy atom. The highest BCUT2D eigenvalue weighted by atomic mass is 32.1. The van der Waals surface area contributed by atoms with E-state index in [0.717, 1.165) is 22.6 Å².